The summed E-state index contributed by atoms with van der Waals surface area (Å²) < 4.78 is 5.45. The first-order chi connectivity index (χ1) is 9.29. The van der Waals surface area contributed by atoms with Crippen molar-refractivity contribution in [3.63, 3.8) is 0 Å². The standard InChI is InChI=1S/C14H13BrN2O2/c15-7-9-19-12-5-3-4-11(10-12)14(18)17-13-6-1-2-8-16-13/h1-6,8,10H,7,9H2,(H,16,17,18). The fraction of sp³-hybridized carbons (Fsp3) is 0.143. The van der Waals surface area contributed by atoms with Crippen LogP contribution in [0.25, 0.3) is 0 Å². The normalized spacial score (nSPS) is 9.95. The van der Waals surface area contributed by atoms with Gasteiger partial charge in [0.2, 0.25) is 0 Å². The van der Waals surface area contributed by atoms with Gasteiger partial charge in [-0.25, -0.2) is 4.98 Å². The number of benzene rings is 1. The topological polar surface area (TPSA) is 51.2 Å². The largest absolute Gasteiger partial charge is 0.493 e. The van der Waals surface area contributed by atoms with E-state index in [9.17, 15) is 4.79 Å². The van der Waals surface area contributed by atoms with Crippen molar-refractivity contribution in [3.05, 3.63) is 54.2 Å². The Balaban J connectivity index is 2.06. The van der Waals surface area contributed by atoms with E-state index in [0.717, 1.165) is 5.33 Å². The molecule has 0 aliphatic heterocycles. The van der Waals surface area contributed by atoms with Crippen molar-refractivity contribution in [2.24, 2.45) is 0 Å². The van der Waals surface area contributed by atoms with Crippen LogP contribution in [0.2, 0.25) is 0 Å². The average Bonchev–Trinajstić information content (AvgIpc) is 2.46. The number of amides is 1. The third kappa shape index (κ3) is 4.06. The number of carbonyl (C=O) groups excluding carboxylic acids is 1. The number of pyridine rings is 1. The average molecular weight is 321 g/mol. The number of anilines is 1. The van der Waals surface area contributed by atoms with Gasteiger partial charge in [0.15, 0.2) is 0 Å². The molecule has 0 aliphatic rings. The van der Waals surface area contributed by atoms with Crippen LogP contribution >= 0.6 is 15.9 Å². The van der Waals surface area contributed by atoms with Crippen LogP contribution in [0.1, 0.15) is 10.4 Å². The van der Waals surface area contributed by atoms with E-state index in [1.165, 1.54) is 0 Å². The lowest BCUT2D eigenvalue weighted by molar-refractivity contribution is 0.102. The lowest BCUT2D eigenvalue weighted by Gasteiger charge is -2.07. The van der Waals surface area contributed by atoms with E-state index in [-0.39, 0.29) is 5.91 Å². The second kappa shape index (κ2) is 6.89. The molecule has 0 spiro atoms. The molecule has 4 nitrogen and oxygen atoms in total. The van der Waals surface area contributed by atoms with Crippen LogP contribution in [-0.2, 0) is 0 Å². The maximum atomic E-state index is 12.0. The number of nitrogens with zero attached hydrogens (tertiary/aromatic N) is 1. The quantitative estimate of drug-likeness (QED) is 0.861. The Bertz CT molecular complexity index is 546. The van der Waals surface area contributed by atoms with Crippen LogP contribution in [0.15, 0.2) is 48.7 Å². The van der Waals surface area contributed by atoms with Crippen LogP contribution in [0.3, 0.4) is 0 Å². The van der Waals surface area contributed by atoms with Gasteiger partial charge in [-0.1, -0.05) is 28.1 Å². The Morgan fingerprint density at radius 3 is 2.89 bits per heavy atom. The van der Waals surface area contributed by atoms with Crippen molar-refractivity contribution in [1.82, 2.24) is 4.98 Å². The van der Waals surface area contributed by atoms with Crippen molar-refractivity contribution in [2.75, 3.05) is 17.3 Å². The molecule has 0 fully saturated rings. The number of halogens is 1. The van der Waals surface area contributed by atoms with Gasteiger partial charge in [0.1, 0.15) is 11.6 Å². The molecular weight excluding hydrogens is 308 g/mol. The number of hydrogen-bond acceptors (Lipinski definition) is 3. The molecule has 1 N–H and O–H groups in total. The number of alkyl halides is 1. The Morgan fingerprint density at radius 1 is 1.26 bits per heavy atom. The molecule has 0 saturated carbocycles. The Labute approximate surface area is 119 Å². The second-order valence-electron chi connectivity index (χ2n) is 3.73. The van der Waals surface area contributed by atoms with Crippen LogP contribution in [0.4, 0.5) is 5.82 Å². The van der Waals surface area contributed by atoms with Gasteiger partial charge in [-0.15, -0.1) is 0 Å². The number of aromatic nitrogens is 1. The first kappa shape index (κ1) is 13.5. The zero-order valence-electron chi connectivity index (χ0n) is 10.2. The molecule has 1 aromatic heterocycles. The van der Waals surface area contributed by atoms with Gasteiger partial charge in [-0.3, -0.25) is 4.79 Å². The molecule has 0 unspecified atom stereocenters. The molecule has 0 radical (unpaired) electrons. The summed E-state index contributed by atoms with van der Waals surface area (Å²) in [5, 5.41) is 3.47. The van der Waals surface area contributed by atoms with Gasteiger partial charge < -0.3 is 10.1 Å². The van der Waals surface area contributed by atoms with Crippen LogP contribution < -0.4 is 10.1 Å². The van der Waals surface area contributed by atoms with Gasteiger partial charge in [-0.05, 0) is 30.3 Å². The predicted octanol–water partition coefficient (Wildman–Crippen LogP) is 3.11. The van der Waals surface area contributed by atoms with E-state index >= 15 is 0 Å². The molecule has 2 rings (SSSR count). The highest BCUT2D eigenvalue weighted by molar-refractivity contribution is 9.09. The van der Waals surface area contributed by atoms with Crippen molar-refractivity contribution >= 4 is 27.7 Å². The lowest BCUT2D eigenvalue weighted by atomic mass is 10.2. The summed E-state index contributed by atoms with van der Waals surface area (Å²) in [7, 11) is 0. The van der Waals surface area contributed by atoms with E-state index in [4.69, 9.17) is 4.74 Å². The summed E-state index contributed by atoms with van der Waals surface area (Å²) in [6, 6.07) is 12.4. The predicted molar refractivity (Wildman–Crippen MR) is 77.9 cm³/mol. The maximum Gasteiger partial charge on any atom is 0.256 e. The van der Waals surface area contributed by atoms with E-state index in [2.05, 4.69) is 26.2 Å². The van der Waals surface area contributed by atoms with Gasteiger partial charge in [0, 0.05) is 17.1 Å². The Hall–Kier alpha value is -1.88. The molecule has 1 heterocycles. The summed E-state index contributed by atoms with van der Waals surface area (Å²) in [6.07, 6.45) is 1.63. The van der Waals surface area contributed by atoms with Crippen molar-refractivity contribution in [2.45, 2.75) is 0 Å². The number of rotatable bonds is 5. The summed E-state index contributed by atoms with van der Waals surface area (Å²) in [6.45, 7) is 0.561. The zero-order valence-corrected chi connectivity index (χ0v) is 11.8. The fourth-order valence-corrected chi connectivity index (χ4v) is 1.67. The van der Waals surface area contributed by atoms with Gasteiger partial charge in [0.05, 0.1) is 6.61 Å². The number of nitrogens with one attached hydrogen (secondary N) is 1. The van der Waals surface area contributed by atoms with E-state index in [1.807, 2.05) is 12.1 Å². The first-order valence-electron chi connectivity index (χ1n) is 5.81. The van der Waals surface area contributed by atoms with Crippen LogP contribution in [-0.4, -0.2) is 22.8 Å². The summed E-state index contributed by atoms with van der Waals surface area (Å²) >= 11 is 3.29. The lowest BCUT2D eigenvalue weighted by Crippen LogP contribution is -2.13. The highest BCUT2D eigenvalue weighted by atomic mass is 79.9. The summed E-state index contributed by atoms with van der Waals surface area (Å²) in [5.74, 6) is 0.996. The minimum Gasteiger partial charge on any atom is -0.493 e. The minimum atomic E-state index is -0.206. The van der Waals surface area contributed by atoms with E-state index in [0.29, 0.717) is 23.7 Å². The van der Waals surface area contributed by atoms with E-state index < -0.39 is 0 Å². The number of ether oxygens (including phenoxy) is 1. The third-order valence-electron chi connectivity index (χ3n) is 2.35. The summed E-state index contributed by atoms with van der Waals surface area (Å²) in [4.78, 5) is 16.1. The molecule has 5 heteroatoms. The second-order valence-corrected chi connectivity index (χ2v) is 4.53. The SMILES string of the molecule is O=C(Nc1ccccn1)c1cccc(OCCBr)c1. The molecule has 0 bridgehead atoms. The Kier molecular flexibility index (Phi) is 4.92. The maximum absolute atomic E-state index is 12.0. The molecule has 98 valence electrons. The van der Waals surface area contributed by atoms with Crippen molar-refractivity contribution in [3.8, 4) is 5.75 Å². The third-order valence-corrected chi connectivity index (χ3v) is 2.67. The van der Waals surface area contributed by atoms with Gasteiger partial charge in [-0.2, -0.15) is 0 Å². The highest BCUT2D eigenvalue weighted by Gasteiger charge is 2.07. The van der Waals surface area contributed by atoms with Crippen LogP contribution in [0.5, 0.6) is 5.75 Å². The fourth-order valence-electron chi connectivity index (χ4n) is 1.51. The molecule has 1 amide bonds. The van der Waals surface area contributed by atoms with E-state index in [1.54, 1.807) is 36.5 Å². The Morgan fingerprint density at radius 2 is 2.16 bits per heavy atom. The number of hydrogen-bond donors (Lipinski definition) is 1. The van der Waals surface area contributed by atoms with Crippen LogP contribution in [0, 0.1) is 0 Å². The number of carbonyl (C=O) groups is 1. The summed E-state index contributed by atoms with van der Waals surface area (Å²) in [5.41, 5.74) is 0.540. The molecular formula is C14H13BrN2O2. The smallest absolute Gasteiger partial charge is 0.256 e. The molecule has 2 aromatic rings. The van der Waals surface area contributed by atoms with Crippen molar-refractivity contribution in [1.29, 1.82) is 0 Å². The molecule has 0 saturated heterocycles. The monoisotopic (exact) mass is 320 g/mol. The zero-order chi connectivity index (χ0) is 13.5. The molecule has 0 atom stereocenters. The molecule has 0 aliphatic carbocycles. The van der Waals surface area contributed by atoms with Gasteiger partial charge in [0.25, 0.3) is 5.91 Å². The molecule has 19 heavy (non-hydrogen) atoms. The van der Waals surface area contributed by atoms with Gasteiger partial charge >= 0.3 is 0 Å². The minimum absolute atomic E-state index is 0.206. The van der Waals surface area contributed by atoms with Crippen molar-refractivity contribution < 1.29 is 9.53 Å². The first-order valence-corrected chi connectivity index (χ1v) is 6.93. The highest BCUT2D eigenvalue weighted by Crippen LogP contribution is 2.14. The molecule has 1 aromatic carbocycles.